The predicted octanol–water partition coefficient (Wildman–Crippen LogP) is 11.8. The molecule has 0 aliphatic rings. The van der Waals surface area contributed by atoms with Crippen LogP contribution in [0.25, 0.3) is 0 Å². The quantitative estimate of drug-likeness (QED) is 0.120. The van der Waals surface area contributed by atoms with Crippen LogP contribution in [0.5, 0.6) is 0 Å². The highest BCUT2D eigenvalue weighted by molar-refractivity contribution is 8.34. The second-order valence-corrected chi connectivity index (χ2v) is 21.6. The van der Waals surface area contributed by atoms with Crippen LogP contribution in [-0.4, -0.2) is 13.4 Å². The van der Waals surface area contributed by atoms with Crippen LogP contribution in [0.2, 0.25) is 0 Å². The Labute approximate surface area is 381 Å². The van der Waals surface area contributed by atoms with Gasteiger partial charge < -0.3 is 0 Å². The largest absolute Gasteiger partial charge is 0.242 e. The molecule has 0 unspecified atom stereocenters. The monoisotopic (exact) mass is 836 g/mol. The summed E-state index contributed by atoms with van der Waals surface area (Å²) in [5.74, 6) is 0. The summed E-state index contributed by atoms with van der Waals surface area (Å²) in [6.45, 7) is 27.5. The van der Waals surface area contributed by atoms with Gasteiger partial charge in [-0.15, -0.1) is 10.0 Å². The van der Waals surface area contributed by atoms with E-state index in [1.165, 1.54) is 119 Å². The van der Waals surface area contributed by atoms with Crippen LogP contribution in [0, 0.1) is 83.1 Å². The molecular formula is C60H62B2S. The summed E-state index contributed by atoms with van der Waals surface area (Å²) < 4.78 is 0. The van der Waals surface area contributed by atoms with Crippen LogP contribution >= 0.6 is 10.0 Å². The van der Waals surface area contributed by atoms with Gasteiger partial charge >= 0.3 is 0 Å². The molecule has 8 aromatic carbocycles. The fourth-order valence-corrected chi connectivity index (χ4v) is 15.2. The Morgan fingerprint density at radius 3 is 0.683 bits per heavy atom. The van der Waals surface area contributed by atoms with E-state index < -0.39 is 10.0 Å². The topological polar surface area (TPSA) is 0 Å². The van der Waals surface area contributed by atoms with Gasteiger partial charge in [0.1, 0.15) is 0 Å². The van der Waals surface area contributed by atoms with Crippen LogP contribution < -0.4 is 32.8 Å². The average molecular weight is 837 g/mol. The number of hydrogen-bond acceptors (Lipinski definition) is 0. The molecule has 0 radical (unpaired) electrons. The van der Waals surface area contributed by atoms with Crippen molar-refractivity contribution in [1.29, 1.82) is 0 Å². The smallest absolute Gasteiger partial charge is 0.133 e. The van der Waals surface area contributed by atoms with E-state index in [1.807, 2.05) is 0 Å². The fraction of sp³-hybridized carbons (Fsp3) is 0.200. The number of benzene rings is 8. The maximum Gasteiger partial charge on any atom is 0.242 e. The normalized spacial score (nSPS) is 11.7. The van der Waals surface area contributed by atoms with Crippen molar-refractivity contribution in [2.24, 2.45) is 0 Å². The molecule has 0 atom stereocenters. The average Bonchev–Trinajstić information content (AvgIpc) is 3.23. The van der Waals surface area contributed by atoms with Gasteiger partial charge in [0.15, 0.2) is 0 Å². The third kappa shape index (κ3) is 8.18. The molecule has 0 aliphatic carbocycles. The molecule has 0 nitrogen and oxygen atoms in total. The van der Waals surface area contributed by atoms with Crippen molar-refractivity contribution in [1.82, 2.24) is 0 Å². The van der Waals surface area contributed by atoms with Crippen molar-refractivity contribution >= 4 is 56.2 Å². The van der Waals surface area contributed by atoms with Crippen molar-refractivity contribution < 1.29 is 0 Å². The molecule has 0 saturated carbocycles. The Morgan fingerprint density at radius 1 is 0.254 bits per heavy atom. The second kappa shape index (κ2) is 17.8. The highest BCUT2D eigenvalue weighted by atomic mass is 32.3. The summed E-state index contributed by atoms with van der Waals surface area (Å²) in [6, 6.07) is 61.1. The Kier molecular flexibility index (Phi) is 12.4. The van der Waals surface area contributed by atoms with E-state index in [4.69, 9.17) is 0 Å². The molecule has 0 aliphatic heterocycles. The van der Waals surface area contributed by atoms with Crippen LogP contribution in [0.1, 0.15) is 66.8 Å². The van der Waals surface area contributed by atoms with Gasteiger partial charge in [0.25, 0.3) is 0 Å². The summed E-state index contributed by atoms with van der Waals surface area (Å²) in [7, 11) is -1.94. The SMILES string of the molecule is Cc1cc(C)c(B(c2ccc(S(c3ccccc3)(c3ccccc3)c3ccc(B(c4c(C)cc(C)cc4C)c4c(C)cc(C)cc4C)cc3)cc2)c2c(C)cc(C)cc2C)c(C)c1. The minimum absolute atomic E-state index is 0.108. The zero-order chi connectivity index (χ0) is 44.7. The van der Waals surface area contributed by atoms with Crippen LogP contribution in [0.3, 0.4) is 0 Å². The zero-order valence-electron chi connectivity index (χ0n) is 39.6. The minimum atomic E-state index is -1.94. The van der Waals surface area contributed by atoms with Gasteiger partial charge in [-0.3, -0.25) is 0 Å². The molecule has 314 valence electrons. The van der Waals surface area contributed by atoms with E-state index in [2.05, 4.69) is 241 Å². The van der Waals surface area contributed by atoms with Gasteiger partial charge in [-0.25, -0.2) is 0 Å². The lowest BCUT2D eigenvalue weighted by Crippen LogP contribution is -2.55. The summed E-state index contributed by atoms with van der Waals surface area (Å²) in [6.07, 6.45) is 0. The van der Waals surface area contributed by atoms with Crippen molar-refractivity contribution in [3.63, 3.8) is 0 Å². The molecule has 0 amide bonds. The van der Waals surface area contributed by atoms with Gasteiger partial charge in [-0.1, -0.05) is 209 Å². The van der Waals surface area contributed by atoms with Crippen molar-refractivity contribution in [3.05, 3.63) is 224 Å². The Hall–Kier alpha value is -5.76. The Bertz CT molecular complexity index is 2530. The van der Waals surface area contributed by atoms with Crippen LogP contribution in [0.15, 0.2) is 177 Å². The highest BCUT2D eigenvalue weighted by Gasteiger charge is 2.36. The van der Waals surface area contributed by atoms with E-state index in [9.17, 15) is 0 Å². The van der Waals surface area contributed by atoms with E-state index >= 15 is 0 Å². The van der Waals surface area contributed by atoms with Gasteiger partial charge in [0.2, 0.25) is 13.4 Å². The third-order valence-electron chi connectivity index (χ3n) is 13.4. The van der Waals surface area contributed by atoms with Crippen molar-refractivity contribution in [3.8, 4) is 0 Å². The molecule has 0 N–H and O–H groups in total. The first-order valence-corrected chi connectivity index (χ1v) is 24.3. The van der Waals surface area contributed by atoms with E-state index in [1.54, 1.807) is 0 Å². The van der Waals surface area contributed by atoms with Gasteiger partial charge in [0.05, 0.1) is 0 Å². The van der Waals surface area contributed by atoms with E-state index in [-0.39, 0.29) is 13.4 Å². The summed E-state index contributed by atoms with van der Waals surface area (Å²) in [5.41, 5.74) is 24.3. The lowest BCUT2D eigenvalue weighted by molar-refractivity contribution is 1.24. The maximum atomic E-state index is 2.46. The van der Waals surface area contributed by atoms with Crippen molar-refractivity contribution in [2.75, 3.05) is 0 Å². The fourth-order valence-electron chi connectivity index (χ4n) is 11.3. The Balaban J connectivity index is 1.36. The van der Waals surface area contributed by atoms with Gasteiger partial charge in [0, 0.05) is 19.6 Å². The standard InChI is InChI=1S/C60H62B2S/c1-39-31-43(5)57(44(6)32-39)61(58-45(7)33-40(2)34-46(58)8)51-23-27-55(28-24-51)63(53-19-15-13-16-20-53,54-21-17-14-18-22-54)56-29-25-52(26-30-56)62(59-47(9)35-41(3)36-48(59)10)60-49(11)37-42(4)38-50(60)12/h13-38H,1-12H3. The maximum absolute atomic E-state index is 2.46. The summed E-state index contributed by atoms with van der Waals surface area (Å²) in [4.78, 5) is 5.32. The molecule has 0 aromatic heterocycles. The summed E-state index contributed by atoms with van der Waals surface area (Å²) in [5, 5.41) is 0. The van der Waals surface area contributed by atoms with Gasteiger partial charge in [-0.2, -0.15) is 0 Å². The molecule has 0 heterocycles. The first kappa shape index (κ1) is 43.9. The summed E-state index contributed by atoms with van der Waals surface area (Å²) >= 11 is 0. The molecule has 0 spiro atoms. The zero-order valence-corrected chi connectivity index (χ0v) is 40.4. The number of hydrogen-bond donors (Lipinski definition) is 0. The van der Waals surface area contributed by atoms with E-state index in [0.29, 0.717) is 0 Å². The molecular weight excluding hydrogens is 774 g/mol. The second-order valence-electron chi connectivity index (χ2n) is 18.5. The Morgan fingerprint density at radius 2 is 0.460 bits per heavy atom. The molecule has 3 heteroatoms. The number of aryl methyl sites for hydroxylation is 12. The molecule has 0 bridgehead atoms. The molecule has 8 aromatic rings. The first-order chi connectivity index (χ1) is 30.2. The minimum Gasteiger partial charge on any atom is -0.133 e. The van der Waals surface area contributed by atoms with Gasteiger partial charge in [-0.05, 0) is 132 Å². The molecule has 0 saturated heterocycles. The van der Waals surface area contributed by atoms with Crippen LogP contribution in [0.4, 0.5) is 0 Å². The highest BCUT2D eigenvalue weighted by Crippen LogP contribution is 2.73. The van der Waals surface area contributed by atoms with Crippen molar-refractivity contribution in [2.45, 2.75) is 103 Å². The third-order valence-corrected chi connectivity index (χ3v) is 17.4. The first-order valence-electron chi connectivity index (χ1n) is 22.6. The predicted molar refractivity (Wildman–Crippen MR) is 278 cm³/mol. The molecule has 0 fully saturated rings. The lowest BCUT2D eigenvalue weighted by atomic mass is 9.34. The van der Waals surface area contributed by atoms with Crippen LogP contribution in [-0.2, 0) is 0 Å². The molecule has 63 heavy (non-hydrogen) atoms. The van der Waals surface area contributed by atoms with E-state index in [0.717, 1.165) is 0 Å². The lowest BCUT2D eigenvalue weighted by Gasteiger charge is -2.42. The molecule has 8 rings (SSSR count). The number of rotatable bonds is 10.